The highest BCUT2D eigenvalue weighted by Crippen LogP contribution is 2.56. The van der Waals surface area contributed by atoms with Gasteiger partial charge in [0.2, 0.25) is 0 Å². The van der Waals surface area contributed by atoms with Gasteiger partial charge in [0.1, 0.15) is 11.5 Å². The molecule has 0 aliphatic carbocycles. The summed E-state index contributed by atoms with van der Waals surface area (Å²) >= 11 is 0. The number of nitrogen functional groups attached to an aromatic ring is 2. The predicted octanol–water partition coefficient (Wildman–Crippen LogP) is 5.27. The summed E-state index contributed by atoms with van der Waals surface area (Å²) in [5.41, 5.74) is -7.13. The Hall–Kier alpha value is -3.08. The Morgan fingerprint density at radius 3 is 1.00 bits per heavy atom. The molecule has 0 heterocycles. The van der Waals surface area contributed by atoms with Crippen molar-refractivity contribution in [1.82, 2.24) is 0 Å². The number of benzene rings is 2. The van der Waals surface area contributed by atoms with E-state index in [0.29, 0.717) is 12.1 Å². The molecule has 0 unspecified atom stereocenters. The number of nitrogens with two attached hydrogens (primary N) is 2. The molecular formula is C18H12F12N2O3. The molecule has 2 aromatic carbocycles. The molecule has 0 atom stereocenters. The van der Waals surface area contributed by atoms with Crippen molar-refractivity contribution >= 4 is 11.4 Å². The molecule has 0 fully saturated rings. The second-order valence-electron chi connectivity index (χ2n) is 7.03. The highest BCUT2D eigenvalue weighted by atomic mass is 19.4. The average Bonchev–Trinajstić information content (AvgIpc) is 2.65. The minimum absolute atomic E-state index is 0.0903. The van der Waals surface area contributed by atoms with E-state index in [1.54, 1.807) is 0 Å². The van der Waals surface area contributed by atoms with Crippen LogP contribution in [0.1, 0.15) is 11.1 Å². The third-order valence-corrected chi connectivity index (χ3v) is 4.65. The molecule has 0 amide bonds. The number of halogens is 12. The summed E-state index contributed by atoms with van der Waals surface area (Å²) in [4.78, 5) is 0. The lowest BCUT2D eigenvalue weighted by Crippen LogP contribution is -2.54. The quantitative estimate of drug-likeness (QED) is 0.318. The Kier molecular flexibility index (Phi) is 6.64. The summed E-state index contributed by atoms with van der Waals surface area (Å²) in [7, 11) is 0. The fraction of sp³-hybridized carbons (Fsp3) is 0.333. The summed E-state index contributed by atoms with van der Waals surface area (Å²) in [6.07, 6.45) is -26.1. The maximum atomic E-state index is 13.4. The summed E-state index contributed by atoms with van der Waals surface area (Å²) in [6, 6.07) is 1.45. The first kappa shape index (κ1) is 28.2. The van der Waals surface area contributed by atoms with Crippen molar-refractivity contribution in [2.45, 2.75) is 35.9 Å². The molecule has 17 heteroatoms. The standard InChI is InChI=1S/C18H12F12N2O3/c19-15(20,21)13(33,16(22,23)24)9-5-7(31)1-3-11(9)35-12-4-2-8(32)6-10(12)14(34,17(25,26)27)18(28,29)30/h1-6,33-34H,31-32H2. The zero-order valence-corrected chi connectivity index (χ0v) is 16.5. The lowest BCUT2D eigenvalue weighted by molar-refractivity contribution is -0.376. The Labute approximate surface area is 186 Å². The van der Waals surface area contributed by atoms with Crippen molar-refractivity contribution in [1.29, 1.82) is 0 Å². The van der Waals surface area contributed by atoms with Crippen LogP contribution in [0.15, 0.2) is 36.4 Å². The van der Waals surface area contributed by atoms with Crippen LogP contribution in [0.3, 0.4) is 0 Å². The number of alkyl halides is 12. The molecule has 0 radical (unpaired) electrons. The molecule has 196 valence electrons. The van der Waals surface area contributed by atoms with Crippen LogP contribution in [-0.4, -0.2) is 34.9 Å². The zero-order chi connectivity index (χ0) is 27.4. The van der Waals surface area contributed by atoms with E-state index < -0.39 is 69.9 Å². The lowest BCUT2D eigenvalue weighted by atomic mass is 9.90. The second-order valence-corrected chi connectivity index (χ2v) is 7.03. The van der Waals surface area contributed by atoms with Crippen molar-refractivity contribution in [3.8, 4) is 11.5 Å². The van der Waals surface area contributed by atoms with Crippen LogP contribution in [0.5, 0.6) is 11.5 Å². The molecule has 0 spiro atoms. The minimum Gasteiger partial charge on any atom is -0.457 e. The van der Waals surface area contributed by atoms with Gasteiger partial charge in [0.25, 0.3) is 11.2 Å². The van der Waals surface area contributed by atoms with E-state index in [9.17, 15) is 62.9 Å². The van der Waals surface area contributed by atoms with Gasteiger partial charge >= 0.3 is 24.7 Å². The van der Waals surface area contributed by atoms with Crippen LogP contribution < -0.4 is 16.2 Å². The normalized spacial score (nSPS) is 14.2. The zero-order valence-electron chi connectivity index (χ0n) is 16.5. The minimum atomic E-state index is -6.51. The van der Waals surface area contributed by atoms with Gasteiger partial charge in [-0.1, -0.05) is 0 Å². The summed E-state index contributed by atoms with van der Waals surface area (Å²) in [6.45, 7) is 0. The van der Waals surface area contributed by atoms with Crippen molar-refractivity contribution < 1.29 is 67.6 Å². The number of hydrogen-bond donors (Lipinski definition) is 4. The molecule has 5 nitrogen and oxygen atoms in total. The molecule has 35 heavy (non-hydrogen) atoms. The highest BCUT2D eigenvalue weighted by molar-refractivity contribution is 5.56. The Morgan fingerprint density at radius 2 is 0.771 bits per heavy atom. The number of anilines is 2. The molecule has 0 bridgehead atoms. The Balaban J connectivity index is 2.88. The summed E-state index contributed by atoms with van der Waals surface area (Å²) in [5.74, 6) is -3.37. The molecule has 2 aromatic rings. The van der Waals surface area contributed by atoms with Crippen LogP contribution in [0.25, 0.3) is 0 Å². The largest absolute Gasteiger partial charge is 0.457 e. The molecule has 0 saturated heterocycles. The van der Waals surface area contributed by atoms with Gasteiger partial charge in [-0.15, -0.1) is 0 Å². The van der Waals surface area contributed by atoms with Gasteiger partial charge in [0.15, 0.2) is 0 Å². The van der Waals surface area contributed by atoms with Crippen LogP contribution in [0.2, 0.25) is 0 Å². The lowest BCUT2D eigenvalue weighted by Gasteiger charge is -2.35. The van der Waals surface area contributed by atoms with E-state index >= 15 is 0 Å². The first-order valence-corrected chi connectivity index (χ1v) is 8.68. The van der Waals surface area contributed by atoms with E-state index in [1.807, 2.05) is 0 Å². The van der Waals surface area contributed by atoms with E-state index in [1.165, 1.54) is 0 Å². The fourth-order valence-corrected chi connectivity index (χ4v) is 2.89. The van der Waals surface area contributed by atoms with Crippen molar-refractivity contribution in [3.63, 3.8) is 0 Å². The third-order valence-electron chi connectivity index (χ3n) is 4.65. The van der Waals surface area contributed by atoms with Crippen LogP contribution in [-0.2, 0) is 11.2 Å². The van der Waals surface area contributed by atoms with Gasteiger partial charge < -0.3 is 26.4 Å². The highest BCUT2D eigenvalue weighted by Gasteiger charge is 2.73. The smallest absolute Gasteiger partial charge is 0.430 e. The number of aliphatic hydroxyl groups is 2. The van der Waals surface area contributed by atoms with E-state index in [4.69, 9.17) is 11.5 Å². The molecule has 2 rings (SSSR count). The second kappa shape index (κ2) is 8.25. The van der Waals surface area contributed by atoms with Gasteiger partial charge in [-0.3, -0.25) is 0 Å². The maximum Gasteiger partial charge on any atom is 0.430 e. The molecule has 0 aromatic heterocycles. The average molecular weight is 532 g/mol. The monoisotopic (exact) mass is 532 g/mol. The maximum absolute atomic E-state index is 13.4. The van der Waals surface area contributed by atoms with Crippen LogP contribution in [0.4, 0.5) is 64.1 Å². The van der Waals surface area contributed by atoms with Crippen molar-refractivity contribution in [3.05, 3.63) is 47.5 Å². The van der Waals surface area contributed by atoms with Gasteiger partial charge in [-0.05, 0) is 36.4 Å². The molecule has 6 N–H and O–H groups in total. The van der Waals surface area contributed by atoms with Crippen molar-refractivity contribution in [2.24, 2.45) is 0 Å². The van der Waals surface area contributed by atoms with Crippen LogP contribution in [0, 0.1) is 0 Å². The van der Waals surface area contributed by atoms with Gasteiger partial charge in [-0.2, -0.15) is 52.7 Å². The topological polar surface area (TPSA) is 102 Å². The predicted molar refractivity (Wildman–Crippen MR) is 93.8 cm³/mol. The van der Waals surface area contributed by atoms with E-state index in [0.717, 1.165) is 0 Å². The van der Waals surface area contributed by atoms with E-state index in [-0.39, 0.29) is 24.3 Å². The molecule has 0 aliphatic rings. The first-order chi connectivity index (χ1) is 15.5. The SMILES string of the molecule is Nc1ccc(Oc2ccc(N)cc2C(O)(C(F)(F)F)C(F)(F)F)c(C(O)(C(F)(F)F)C(F)(F)F)c1. The molecule has 0 saturated carbocycles. The molecular weight excluding hydrogens is 520 g/mol. The van der Waals surface area contributed by atoms with Crippen molar-refractivity contribution in [2.75, 3.05) is 11.5 Å². The summed E-state index contributed by atoms with van der Waals surface area (Å²) < 4.78 is 165. The number of hydrogen-bond acceptors (Lipinski definition) is 5. The Morgan fingerprint density at radius 1 is 0.514 bits per heavy atom. The molecule has 0 aliphatic heterocycles. The summed E-state index contributed by atoms with van der Waals surface area (Å²) in [5, 5.41) is 19.3. The number of rotatable bonds is 4. The van der Waals surface area contributed by atoms with Gasteiger partial charge in [0.05, 0.1) is 0 Å². The van der Waals surface area contributed by atoms with E-state index in [2.05, 4.69) is 4.74 Å². The fourth-order valence-electron chi connectivity index (χ4n) is 2.89. The van der Waals surface area contributed by atoms with Gasteiger partial charge in [-0.25, -0.2) is 0 Å². The third kappa shape index (κ3) is 4.61. The number of ether oxygens (including phenoxy) is 1. The van der Waals surface area contributed by atoms with Gasteiger partial charge in [0, 0.05) is 22.5 Å². The first-order valence-electron chi connectivity index (χ1n) is 8.68. The Bertz CT molecular complexity index is 977. The van der Waals surface area contributed by atoms with Crippen LogP contribution >= 0.6 is 0 Å².